The van der Waals surface area contributed by atoms with E-state index in [1.807, 2.05) is 18.2 Å². The number of anilines is 1. The third-order valence-electron chi connectivity index (χ3n) is 5.68. The molecule has 6 heteroatoms. The summed E-state index contributed by atoms with van der Waals surface area (Å²) in [7, 11) is 0. The predicted molar refractivity (Wildman–Crippen MR) is 105 cm³/mol. The van der Waals surface area contributed by atoms with E-state index in [1.165, 1.54) is 0 Å². The lowest BCUT2D eigenvalue weighted by atomic mass is 9.91. The summed E-state index contributed by atoms with van der Waals surface area (Å²) in [5.74, 6) is 0.0979. The van der Waals surface area contributed by atoms with Crippen LogP contribution in [0.5, 0.6) is 0 Å². The van der Waals surface area contributed by atoms with Crippen molar-refractivity contribution in [2.45, 2.75) is 49.8 Å². The third kappa shape index (κ3) is 4.81. The quantitative estimate of drug-likeness (QED) is 0.616. The van der Waals surface area contributed by atoms with E-state index in [9.17, 15) is 5.11 Å². The summed E-state index contributed by atoms with van der Waals surface area (Å²) < 4.78 is 0. The van der Waals surface area contributed by atoms with Gasteiger partial charge in [-0.25, -0.2) is 0 Å². The molecule has 1 heterocycles. The number of nitrogens with zero attached hydrogens (tertiary/aromatic N) is 2. The average molecular weight is 386 g/mol. The Morgan fingerprint density at radius 1 is 1.12 bits per heavy atom. The monoisotopic (exact) mass is 385 g/mol. The summed E-state index contributed by atoms with van der Waals surface area (Å²) in [6, 6.07) is 7.98. The van der Waals surface area contributed by atoms with Crippen LogP contribution in [-0.4, -0.2) is 53.8 Å². The van der Waals surface area contributed by atoms with Gasteiger partial charge in [-0.15, -0.1) is 11.6 Å². The van der Waals surface area contributed by atoms with Crippen LogP contribution in [0.3, 0.4) is 0 Å². The molecular formula is C19H29Cl2N3O. The van der Waals surface area contributed by atoms with Gasteiger partial charge in [0.2, 0.25) is 0 Å². The third-order valence-corrected chi connectivity index (χ3v) is 6.54. The Morgan fingerprint density at radius 3 is 2.52 bits per heavy atom. The second-order valence-electron chi connectivity index (χ2n) is 7.31. The highest BCUT2D eigenvalue weighted by Gasteiger charge is 2.33. The van der Waals surface area contributed by atoms with Crippen LogP contribution in [0, 0.1) is 5.92 Å². The zero-order valence-corrected chi connectivity index (χ0v) is 16.2. The number of piperazine rings is 1. The van der Waals surface area contributed by atoms with Crippen LogP contribution in [0.25, 0.3) is 0 Å². The van der Waals surface area contributed by atoms with Gasteiger partial charge in [0.1, 0.15) is 0 Å². The Bertz CT molecular complexity index is 539. The fraction of sp³-hybridized carbons (Fsp3) is 0.684. The Kier molecular flexibility index (Phi) is 6.86. The lowest BCUT2D eigenvalue weighted by Crippen LogP contribution is -2.54. The summed E-state index contributed by atoms with van der Waals surface area (Å²) in [6.45, 7) is 3.63. The van der Waals surface area contributed by atoms with E-state index < -0.39 is 0 Å². The number of nitrogens with two attached hydrogens (primary N) is 1. The summed E-state index contributed by atoms with van der Waals surface area (Å²) in [5.41, 5.74) is 7.58. The molecule has 0 spiro atoms. The van der Waals surface area contributed by atoms with Crippen molar-refractivity contribution in [3.8, 4) is 0 Å². The van der Waals surface area contributed by atoms with Crippen molar-refractivity contribution in [1.29, 1.82) is 0 Å². The van der Waals surface area contributed by atoms with E-state index in [4.69, 9.17) is 28.9 Å². The highest BCUT2D eigenvalue weighted by atomic mass is 35.5. The minimum Gasteiger partial charge on any atom is -0.393 e. The van der Waals surface area contributed by atoms with Gasteiger partial charge in [0.15, 0.2) is 0 Å². The SMILES string of the molecule is NC(CC1C(O)CCCCC1Cl)N1CCN(c2ccccc2Cl)CC1. The number of alkyl halides is 1. The minimum absolute atomic E-state index is 0.0352. The fourth-order valence-electron chi connectivity index (χ4n) is 4.10. The molecule has 1 saturated carbocycles. The van der Waals surface area contributed by atoms with Gasteiger partial charge in [-0.2, -0.15) is 0 Å². The molecule has 4 unspecified atom stereocenters. The molecule has 4 nitrogen and oxygen atoms in total. The number of benzene rings is 1. The zero-order valence-electron chi connectivity index (χ0n) is 14.7. The normalized spacial score (nSPS) is 30.1. The molecular weight excluding hydrogens is 357 g/mol. The van der Waals surface area contributed by atoms with Crippen LogP contribution in [0.15, 0.2) is 24.3 Å². The summed E-state index contributed by atoms with van der Waals surface area (Å²) in [4.78, 5) is 4.63. The number of hydrogen-bond donors (Lipinski definition) is 2. The van der Waals surface area contributed by atoms with Crippen LogP contribution in [0.4, 0.5) is 5.69 Å². The van der Waals surface area contributed by atoms with E-state index >= 15 is 0 Å². The van der Waals surface area contributed by atoms with Crippen LogP contribution < -0.4 is 10.6 Å². The van der Waals surface area contributed by atoms with Gasteiger partial charge in [-0.1, -0.05) is 36.6 Å². The van der Waals surface area contributed by atoms with Crippen molar-refractivity contribution in [2.24, 2.45) is 11.7 Å². The smallest absolute Gasteiger partial charge is 0.0639 e. The molecule has 3 N–H and O–H groups in total. The lowest BCUT2D eigenvalue weighted by Gasteiger charge is -2.40. The molecule has 0 radical (unpaired) electrons. The van der Waals surface area contributed by atoms with Crippen molar-refractivity contribution in [3.63, 3.8) is 0 Å². The Balaban J connectivity index is 1.54. The number of rotatable bonds is 4. The van der Waals surface area contributed by atoms with Crippen molar-refractivity contribution in [3.05, 3.63) is 29.3 Å². The van der Waals surface area contributed by atoms with Crippen LogP contribution in [-0.2, 0) is 0 Å². The second-order valence-corrected chi connectivity index (χ2v) is 8.28. The Morgan fingerprint density at radius 2 is 1.80 bits per heavy atom. The first kappa shape index (κ1) is 19.2. The maximum Gasteiger partial charge on any atom is 0.0639 e. The molecule has 1 aromatic carbocycles. The highest BCUT2D eigenvalue weighted by Crippen LogP contribution is 2.32. The number of hydrogen-bond acceptors (Lipinski definition) is 4. The topological polar surface area (TPSA) is 52.7 Å². The Hall–Kier alpha value is -0.520. The summed E-state index contributed by atoms with van der Waals surface area (Å²) in [6.07, 6.45) is 4.39. The van der Waals surface area contributed by atoms with E-state index in [-0.39, 0.29) is 23.6 Å². The highest BCUT2D eigenvalue weighted by molar-refractivity contribution is 6.33. The molecule has 0 amide bonds. The van der Waals surface area contributed by atoms with Gasteiger partial charge >= 0.3 is 0 Å². The van der Waals surface area contributed by atoms with E-state index in [0.29, 0.717) is 0 Å². The maximum atomic E-state index is 10.4. The molecule has 140 valence electrons. The number of aliphatic hydroxyl groups is 1. The molecule has 2 aliphatic rings. The largest absolute Gasteiger partial charge is 0.393 e. The molecule has 4 atom stereocenters. The number of aliphatic hydroxyl groups excluding tert-OH is 1. The average Bonchev–Trinajstić information content (AvgIpc) is 2.77. The van der Waals surface area contributed by atoms with E-state index in [0.717, 1.165) is 69.0 Å². The van der Waals surface area contributed by atoms with Gasteiger partial charge in [0.05, 0.1) is 23.0 Å². The molecule has 0 aromatic heterocycles. The maximum absolute atomic E-state index is 10.4. The van der Waals surface area contributed by atoms with E-state index in [2.05, 4.69) is 15.9 Å². The van der Waals surface area contributed by atoms with Gasteiger partial charge in [-0.3, -0.25) is 4.90 Å². The molecule has 2 fully saturated rings. The molecule has 1 aliphatic heterocycles. The zero-order chi connectivity index (χ0) is 17.8. The first-order chi connectivity index (χ1) is 12.1. The van der Waals surface area contributed by atoms with Gasteiger partial charge < -0.3 is 15.7 Å². The van der Waals surface area contributed by atoms with Crippen molar-refractivity contribution in [2.75, 3.05) is 31.1 Å². The molecule has 0 bridgehead atoms. The number of halogens is 2. The second kappa shape index (κ2) is 8.92. The van der Waals surface area contributed by atoms with Crippen molar-refractivity contribution < 1.29 is 5.11 Å². The van der Waals surface area contributed by atoms with Crippen molar-refractivity contribution >= 4 is 28.9 Å². The molecule has 3 rings (SSSR count). The van der Waals surface area contributed by atoms with Crippen LogP contribution in [0.2, 0.25) is 5.02 Å². The van der Waals surface area contributed by atoms with Crippen LogP contribution >= 0.6 is 23.2 Å². The van der Waals surface area contributed by atoms with Gasteiger partial charge in [-0.05, 0) is 31.4 Å². The minimum atomic E-state index is -0.319. The first-order valence-electron chi connectivity index (χ1n) is 9.37. The van der Waals surface area contributed by atoms with Crippen LogP contribution in [0.1, 0.15) is 32.1 Å². The van der Waals surface area contributed by atoms with Crippen molar-refractivity contribution in [1.82, 2.24) is 4.90 Å². The molecule has 1 aliphatic carbocycles. The van der Waals surface area contributed by atoms with Gasteiger partial charge in [0.25, 0.3) is 0 Å². The summed E-state index contributed by atoms with van der Waals surface area (Å²) in [5, 5.41) is 11.2. The standard InChI is InChI=1S/C19H29Cl2N3O/c20-15-5-2-4-8-18(25)14(15)13-19(22)24-11-9-23(10-12-24)17-7-3-1-6-16(17)21/h1,3,6-7,14-15,18-19,25H,2,4-5,8-13,22H2. The number of para-hydroxylation sites is 1. The summed E-state index contributed by atoms with van der Waals surface area (Å²) >= 11 is 12.8. The van der Waals surface area contributed by atoms with Gasteiger partial charge in [0, 0.05) is 37.5 Å². The predicted octanol–water partition coefficient (Wildman–Crippen LogP) is 3.30. The Labute approximate surface area is 160 Å². The first-order valence-corrected chi connectivity index (χ1v) is 10.2. The lowest BCUT2D eigenvalue weighted by molar-refractivity contribution is 0.0707. The molecule has 1 saturated heterocycles. The fourth-order valence-corrected chi connectivity index (χ4v) is 4.78. The van der Waals surface area contributed by atoms with E-state index in [1.54, 1.807) is 0 Å². The molecule has 1 aromatic rings. The molecule has 25 heavy (non-hydrogen) atoms.